The molecule has 0 saturated heterocycles. The van der Waals surface area contributed by atoms with Crippen LogP contribution in [0.2, 0.25) is 0 Å². The van der Waals surface area contributed by atoms with E-state index in [4.69, 9.17) is 16.8 Å². The smallest absolute Gasteiger partial charge is 0.134 e. The minimum absolute atomic E-state index is 0.0968. The molecular formula is C48H30O. The molecule has 0 unspecified atom stereocenters. The number of hydrogen-bond acceptors (Lipinski definition) is 1. The van der Waals surface area contributed by atoms with Gasteiger partial charge in [0, 0.05) is 16.5 Å². The van der Waals surface area contributed by atoms with Crippen LogP contribution in [0.15, 0.2) is 186 Å². The maximum Gasteiger partial charge on any atom is 0.134 e. The first-order valence-corrected chi connectivity index (χ1v) is 15.8. The molecular weight excluding hydrogens is 593 g/mol. The molecule has 1 heteroatoms. The molecule has 0 fully saturated rings. The maximum atomic E-state index is 9.38. The SMILES string of the molecule is [2H]c1oc2c([2H])c([2H])c([2H])c([2H])c2c1-c1c2c([2H])c([2H])c([2H])c([2H])c2c(-c2cccc(-c3ccc4ccc5ccc(-c6ccccc6)cc5c4c3)c2)c2c([2H])c([2H])c([2H])c([2H])c12. The van der Waals surface area contributed by atoms with E-state index in [-0.39, 0.29) is 49.2 Å². The van der Waals surface area contributed by atoms with Crippen LogP contribution < -0.4 is 0 Å². The van der Waals surface area contributed by atoms with Gasteiger partial charge in [-0.25, -0.2) is 0 Å². The van der Waals surface area contributed by atoms with Crippen LogP contribution in [0.3, 0.4) is 0 Å². The molecule has 0 radical (unpaired) electrons. The van der Waals surface area contributed by atoms with Crippen LogP contribution in [0.4, 0.5) is 0 Å². The third kappa shape index (κ3) is 4.47. The van der Waals surface area contributed by atoms with Crippen molar-refractivity contribution in [1.29, 1.82) is 0 Å². The third-order valence-electron chi connectivity index (χ3n) is 9.21. The second-order valence-electron chi connectivity index (χ2n) is 11.9. The van der Waals surface area contributed by atoms with Crippen LogP contribution >= 0.6 is 0 Å². The minimum atomic E-state index is -0.677. The fourth-order valence-corrected chi connectivity index (χ4v) is 6.94. The maximum absolute atomic E-state index is 9.38. The lowest BCUT2D eigenvalue weighted by atomic mass is 9.85. The molecule has 49 heavy (non-hydrogen) atoms. The standard InChI is InChI=1S/C48H30O/c1-2-11-31(12-3-1)35-25-23-32-21-22-33-24-26-36(29-44(33)43(32)28-35)34-13-10-14-37(27-34)47-39-16-4-6-18-41(39)48(42-19-7-5-17-40(42)47)45-30-49-46-20-9-8-15-38(45)46/h1-30H/i4D,5D,6D,7D,8D,9D,15D,16D,17D,18D,19D,20D,30D. The zero-order valence-corrected chi connectivity index (χ0v) is 25.7. The Labute approximate surface area is 302 Å². The van der Waals surface area contributed by atoms with E-state index in [9.17, 15) is 5.48 Å². The number of rotatable bonds is 4. The first-order valence-electron chi connectivity index (χ1n) is 22.3. The van der Waals surface area contributed by atoms with Crippen molar-refractivity contribution in [1.82, 2.24) is 0 Å². The van der Waals surface area contributed by atoms with E-state index in [2.05, 4.69) is 48.5 Å². The number of benzene rings is 9. The molecule has 0 amide bonds. The summed E-state index contributed by atoms with van der Waals surface area (Å²) in [5.74, 6) is 0. The highest BCUT2D eigenvalue weighted by molar-refractivity contribution is 6.23. The lowest BCUT2D eigenvalue weighted by molar-refractivity contribution is 0.617. The zero-order chi connectivity index (χ0) is 43.6. The predicted molar refractivity (Wildman–Crippen MR) is 208 cm³/mol. The van der Waals surface area contributed by atoms with Crippen LogP contribution in [0.1, 0.15) is 17.8 Å². The Morgan fingerprint density at radius 3 is 1.51 bits per heavy atom. The van der Waals surface area contributed by atoms with E-state index >= 15 is 0 Å². The summed E-state index contributed by atoms with van der Waals surface area (Å²) in [6.45, 7) is 0. The quantitative estimate of drug-likeness (QED) is 0.139. The van der Waals surface area contributed by atoms with Crippen molar-refractivity contribution in [2.45, 2.75) is 0 Å². The Bertz CT molecular complexity index is 3540. The summed E-state index contributed by atoms with van der Waals surface area (Å²) in [5.41, 5.74) is 3.26. The van der Waals surface area contributed by atoms with Gasteiger partial charge in [-0.05, 0) is 101 Å². The Morgan fingerprint density at radius 2 is 0.857 bits per heavy atom. The summed E-state index contributed by atoms with van der Waals surface area (Å²) in [4.78, 5) is 0. The average Bonchev–Trinajstić information content (AvgIpc) is 3.65. The second-order valence-corrected chi connectivity index (χ2v) is 11.9. The Kier molecular flexibility index (Phi) is 3.99. The predicted octanol–water partition coefficient (Wildman–Crippen LogP) is 13.7. The van der Waals surface area contributed by atoms with Crippen molar-refractivity contribution in [3.63, 3.8) is 0 Å². The first-order chi connectivity index (χ1) is 29.7. The zero-order valence-electron chi connectivity index (χ0n) is 38.7. The van der Waals surface area contributed by atoms with E-state index in [1.165, 1.54) is 0 Å². The van der Waals surface area contributed by atoms with E-state index in [0.29, 0.717) is 5.56 Å². The lowest BCUT2D eigenvalue weighted by Gasteiger charge is -2.17. The van der Waals surface area contributed by atoms with Crippen LogP contribution in [0, 0.1) is 0 Å². The van der Waals surface area contributed by atoms with E-state index < -0.39 is 78.7 Å². The molecule has 0 aliphatic heterocycles. The summed E-state index contributed by atoms with van der Waals surface area (Å²) in [5, 5.41) is 3.25. The van der Waals surface area contributed by atoms with Crippen molar-refractivity contribution >= 4 is 54.1 Å². The van der Waals surface area contributed by atoms with Gasteiger partial charge in [-0.1, -0.05) is 151 Å². The van der Waals surface area contributed by atoms with Crippen molar-refractivity contribution in [2.24, 2.45) is 0 Å². The molecule has 0 bridgehead atoms. The number of para-hydroxylation sites is 1. The molecule has 9 aromatic carbocycles. The summed E-state index contributed by atoms with van der Waals surface area (Å²) in [6.07, 6.45) is -0.677. The van der Waals surface area contributed by atoms with Gasteiger partial charge in [0.15, 0.2) is 0 Å². The topological polar surface area (TPSA) is 13.1 Å². The molecule has 1 aromatic heterocycles. The minimum Gasteiger partial charge on any atom is -0.464 e. The van der Waals surface area contributed by atoms with Crippen molar-refractivity contribution < 1.29 is 22.2 Å². The van der Waals surface area contributed by atoms with Crippen LogP contribution in [-0.2, 0) is 0 Å². The largest absolute Gasteiger partial charge is 0.464 e. The normalized spacial score (nSPS) is 15.4. The number of fused-ring (bicyclic) bond motifs is 6. The molecule has 0 N–H and O–H groups in total. The Hall–Kier alpha value is -6.44. The summed E-state index contributed by atoms with van der Waals surface area (Å²) in [7, 11) is 0. The van der Waals surface area contributed by atoms with Gasteiger partial charge in [0.25, 0.3) is 0 Å². The second kappa shape index (κ2) is 11.1. The van der Waals surface area contributed by atoms with Gasteiger partial charge in [-0.3, -0.25) is 0 Å². The molecule has 0 aliphatic carbocycles. The van der Waals surface area contributed by atoms with E-state index in [0.717, 1.165) is 43.8 Å². The highest BCUT2D eigenvalue weighted by Crippen LogP contribution is 2.46. The molecule has 228 valence electrons. The molecule has 1 nitrogen and oxygen atoms in total. The van der Waals surface area contributed by atoms with Gasteiger partial charge in [-0.2, -0.15) is 0 Å². The first kappa shape index (κ1) is 17.6. The van der Waals surface area contributed by atoms with E-state index in [1.54, 1.807) is 12.1 Å². The van der Waals surface area contributed by atoms with Gasteiger partial charge in [-0.15, -0.1) is 0 Å². The fourth-order valence-electron chi connectivity index (χ4n) is 6.94. The van der Waals surface area contributed by atoms with Gasteiger partial charge in [0.2, 0.25) is 0 Å². The molecule has 0 spiro atoms. The number of furan rings is 1. The Morgan fingerprint density at radius 1 is 0.367 bits per heavy atom. The molecule has 0 atom stereocenters. The molecule has 10 aromatic rings. The van der Waals surface area contributed by atoms with E-state index in [1.807, 2.05) is 42.5 Å². The third-order valence-corrected chi connectivity index (χ3v) is 9.21. The van der Waals surface area contributed by atoms with Crippen molar-refractivity contribution in [3.05, 3.63) is 182 Å². The molecule has 0 saturated carbocycles. The fraction of sp³-hybridized carbons (Fsp3) is 0. The molecule has 10 rings (SSSR count). The van der Waals surface area contributed by atoms with Crippen LogP contribution in [0.25, 0.3) is 98.6 Å². The van der Waals surface area contributed by atoms with Gasteiger partial charge in [0.05, 0.1) is 22.7 Å². The highest BCUT2D eigenvalue weighted by Gasteiger charge is 2.19. The molecule has 1 heterocycles. The van der Waals surface area contributed by atoms with Crippen LogP contribution in [-0.4, -0.2) is 0 Å². The van der Waals surface area contributed by atoms with Crippen molar-refractivity contribution in [3.8, 4) is 44.5 Å². The van der Waals surface area contributed by atoms with Gasteiger partial charge >= 0.3 is 0 Å². The highest BCUT2D eigenvalue weighted by atomic mass is 16.3. The average molecular weight is 636 g/mol. The monoisotopic (exact) mass is 635 g/mol. The van der Waals surface area contributed by atoms with Crippen molar-refractivity contribution in [2.75, 3.05) is 0 Å². The van der Waals surface area contributed by atoms with Gasteiger partial charge in [0.1, 0.15) is 6.95 Å². The summed E-state index contributed by atoms with van der Waals surface area (Å²) in [6, 6.07) is 26.8. The molecule has 0 aliphatic rings. The summed E-state index contributed by atoms with van der Waals surface area (Å²) >= 11 is 0. The lowest BCUT2D eigenvalue weighted by Crippen LogP contribution is -1.91. The van der Waals surface area contributed by atoms with Gasteiger partial charge < -0.3 is 4.42 Å². The number of hydrogen-bond donors (Lipinski definition) is 0. The summed E-state index contributed by atoms with van der Waals surface area (Å²) < 4.78 is 122. The van der Waals surface area contributed by atoms with Crippen LogP contribution in [0.5, 0.6) is 0 Å². The Balaban J connectivity index is 1.32.